The molecule has 5 heteroatoms. The Morgan fingerprint density at radius 2 is 2.25 bits per heavy atom. The first-order valence-corrected chi connectivity index (χ1v) is 4.85. The molecular formula is C11H14N2O3. The largest absolute Gasteiger partial charge is 0.493 e. The maximum atomic E-state index is 9.99. The molecule has 1 aromatic rings. The first-order valence-electron chi connectivity index (χ1n) is 4.85. The maximum Gasteiger partial charge on any atom is 0.227 e. The zero-order valence-electron chi connectivity index (χ0n) is 9.27. The second kappa shape index (κ2) is 6.44. The molecular weight excluding hydrogens is 208 g/mol. The summed E-state index contributed by atoms with van der Waals surface area (Å²) in [7, 11) is 1.57. The molecule has 1 amide bonds. The van der Waals surface area contributed by atoms with E-state index in [2.05, 4.69) is 10.5 Å². The first kappa shape index (κ1) is 12.0. The molecule has 0 saturated carbocycles. The maximum absolute atomic E-state index is 9.99. The van der Waals surface area contributed by atoms with Gasteiger partial charge in [-0.05, 0) is 30.7 Å². The van der Waals surface area contributed by atoms with Crippen LogP contribution in [0.15, 0.2) is 23.3 Å². The summed E-state index contributed by atoms with van der Waals surface area (Å²) in [5, 5.41) is 3.67. The molecule has 1 rings (SSSR count). The third kappa shape index (κ3) is 3.27. The molecule has 16 heavy (non-hydrogen) atoms. The predicted molar refractivity (Wildman–Crippen MR) is 61.0 cm³/mol. The van der Waals surface area contributed by atoms with Gasteiger partial charge in [0.15, 0.2) is 11.5 Å². The van der Waals surface area contributed by atoms with Gasteiger partial charge in [-0.25, -0.2) is 5.43 Å². The van der Waals surface area contributed by atoms with Crippen LogP contribution in [0.1, 0.15) is 12.5 Å². The molecule has 0 bridgehead atoms. The fourth-order valence-corrected chi connectivity index (χ4v) is 1.18. The van der Waals surface area contributed by atoms with Crippen LogP contribution in [0.2, 0.25) is 0 Å². The number of carbonyl (C=O) groups excluding carboxylic acids is 1. The zero-order valence-corrected chi connectivity index (χ0v) is 9.27. The van der Waals surface area contributed by atoms with Gasteiger partial charge in [-0.15, -0.1) is 0 Å². The topological polar surface area (TPSA) is 59.9 Å². The number of hydrazone groups is 1. The van der Waals surface area contributed by atoms with E-state index in [4.69, 9.17) is 9.47 Å². The van der Waals surface area contributed by atoms with Crippen LogP contribution in [-0.2, 0) is 4.79 Å². The molecule has 1 aromatic carbocycles. The van der Waals surface area contributed by atoms with Crippen LogP contribution in [0, 0.1) is 0 Å². The quantitative estimate of drug-likeness (QED) is 0.446. The standard InChI is InChI=1S/C11H14N2O3/c1-3-16-10-5-4-9(6-11(10)15-2)7-12-13-8-14/h4-8H,3H2,1-2H3,(H,13,14)/b12-7-. The number of nitrogens with one attached hydrogen (secondary N) is 1. The Labute approximate surface area is 94.1 Å². The van der Waals surface area contributed by atoms with Gasteiger partial charge >= 0.3 is 0 Å². The number of nitrogens with zero attached hydrogens (tertiary/aromatic N) is 1. The van der Waals surface area contributed by atoms with E-state index < -0.39 is 0 Å². The van der Waals surface area contributed by atoms with Crippen molar-refractivity contribution in [3.05, 3.63) is 23.8 Å². The Kier molecular flexibility index (Phi) is 4.85. The molecule has 0 aliphatic rings. The van der Waals surface area contributed by atoms with Crippen LogP contribution < -0.4 is 14.9 Å². The van der Waals surface area contributed by atoms with Gasteiger partial charge in [0.25, 0.3) is 0 Å². The van der Waals surface area contributed by atoms with Gasteiger partial charge in [-0.2, -0.15) is 5.10 Å². The van der Waals surface area contributed by atoms with Gasteiger partial charge in [-0.1, -0.05) is 0 Å². The molecule has 5 nitrogen and oxygen atoms in total. The highest BCUT2D eigenvalue weighted by atomic mass is 16.5. The van der Waals surface area contributed by atoms with Crippen molar-refractivity contribution in [3.63, 3.8) is 0 Å². The third-order valence-electron chi connectivity index (χ3n) is 1.83. The lowest BCUT2D eigenvalue weighted by Crippen LogP contribution is -2.01. The van der Waals surface area contributed by atoms with Gasteiger partial charge in [0.2, 0.25) is 6.41 Å². The van der Waals surface area contributed by atoms with Gasteiger partial charge in [-0.3, -0.25) is 4.79 Å². The molecule has 0 aliphatic carbocycles. The molecule has 0 unspecified atom stereocenters. The fraction of sp³-hybridized carbons (Fsp3) is 0.273. The van der Waals surface area contributed by atoms with Crippen LogP contribution in [0.25, 0.3) is 0 Å². The van der Waals surface area contributed by atoms with Crippen molar-refractivity contribution >= 4 is 12.6 Å². The minimum Gasteiger partial charge on any atom is -0.493 e. The van der Waals surface area contributed by atoms with E-state index in [9.17, 15) is 4.79 Å². The number of ether oxygens (including phenoxy) is 2. The SMILES string of the molecule is CCOc1ccc(/C=N\NC=O)cc1OC. The van der Waals surface area contributed by atoms with Crippen molar-refractivity contribution in [1.29, 1.82) is 0 Å². The average molecular weight is 222 g/mol. The number of benzene rings is 1. The van der Waals surface area contributed by atoms with Crippen molar-refractivity contribution in [3.8, 4) is 11.5 Å². The van der Waals surface area contributed by atoms with Gasteiger partial charge in [0, 0.05) is 0 Å². The minimum absolute atomic E-state index is 0.502. The van der Waals surface area contributed by atoms with Crippen LogP contribution >= 0.6 is 0 Å². The second-order valence-electron chi connectivity index (χ2n) is 2.85. The summed E-state index contributed by atoms with van der Waals surface area (Å²) in [6.07, 6.45) is 2.02. The number of rotatable bonds is 6. The summed E-state index contributed by atoms with van der Waals surface area (Å²) in [6, 6.07) is 5.40. The Hall–Kier alpha value is -2.04. The lowest BCUT2D eigenvalue weighted by Gasteiger charge is -2.09. The normalized spacial score (nSPS) is 10.1. The Balaban J connectivity index is 2.85. The summed E-state index contributed by atoms with van der Waals surface area (Å²) in [5.41, 5.74) is 3.01. The molecule has 86 valence electrons. The van der Waals surface area contributed by atoms with Gasteiger partial charge < -0.3 is 9.47 Å². The molecule has 0 spiro atoms. The Morgan fingerprint density at radius 3 is 2.88 bits per heavy atom. The Morgan fingerprint density at radius 1 is 1.44 bits per heavy atom. The average Bonchev–Trinajstić information content (AvgIpc) is 2.31. The molecule has 0 saturated heterocycles. The molecule has 0 atom stereocenters. The van der Waals surface area contributed by atoms with E-state index in [1.807, 2.05) is 13.0 Å². The molecule has 0 aromatic heterocycles. The smallest absolute Gasteiger partial charge is 0.227 e. The first-order chi connectivity index (χ1) is 7.81. The van der Waals surface area contributed by atoms with E-state index in [-0.39, 0.29) is 0 Å². The molecule has 1 N–H and O–H groups in total. The summed E-state index contributed by atoms with van der Waals surface area (Å²) in [4.78, 5) is 9.99. The van der Waals surface area contributed by atoms with Crippen LogP contribution in [-0.4, -0.2) is 26.3 Å². The summed E-state index contributed by atoms with van der Waals surface area (Å²) < 4.78 is 10.5. The van der Waals surface area contributed by atoms with E-state index in [1.165, 1.54) is 6.21 Å². The van der Waals surface area contributed by atoms with Crippen molar-refractivity contribution in [2.24, 2.45) is 5.10 Å². The van der Waals surface area contributed by atoms with Crippen molar-refractivity contribution in [2.45, 2.75) is 6.92 Å². The lowest BCUT2D eigenvalue weighted by atomic mass is 10.2. The highest BCUT2D eigenvalue weighted by Crippen LogP contribution is 2.27. The molecule has 0 radical (unpaired) electrons. The summed E-state index contributed by atoms with van der Waals surface area (Å²) in [5.74, 6) is 1.32. The zero-order chi connectivity index (χ0) is 11.8. The van der Waals surface area contributed by atoms with Crippen molar-refractivity contribution in [2.75, 3.05) is 13.7 Å². The van der Waals surface area contributed by atoms with Crippen LogP contribution in [0.3, 0.4) is 0 Å². The molecule has 0 aliphatic heterocycles. The molecule has 0 heterocycles. The minimum atomic E-state index is 0.502. The third-order valence-corrected chi connectivity index (χ3v) is 1.83. The van der Waals surface area contributed by atoms with Crippen molar-refractivity contribution < 1.29 is 14.3 Å². The number of hydrogen-bond acceptors (Lipinski definition) is 4. The number of amides is 1. The van der Waals surface area contributed by atoms with Gasteiger partial charge in [0.1, 0.15) is 0 Å². The Bertz CT molecular complexity index is 377. The highest BCUT2D eigenvalue weighted by molar-refractivity contribution is 5.81. The summed E-state index contributed by atoms with van der Waals surface area (Å²) in [6.45, 7) is 2.49. The second-order valence-corrected chi connectivity index (χ2v) is 2.85. The highest BCUT2D eigenvalue weighted by Gasteiger charge is 2.03. The number of methoxy groups -OCH3 is 1. The predicted octanol–water partition coefficient (Wildman–Crippen LogP) is 1.17. The molecule has 0 fully saturated rings. The monoisotopic (exact) mass is 222 g/mol. The van der Waals surface area contributed by atoms with Crippen molar-refractivity contribution in [1.82, 2.24) is 5.43 Å². The fourth-order valence-electron chi connectivity index (χ4n) is 1.18. The van der Waals surface area contributed by atoms with E-state index in [1.54, 1.807) is 19.2 Å². The summed E-state index contributed by atoms with van der Waals surface area (Å²) >= 11 is 0. The number of hydrogen-bond donors (Lipinski definition) is 1. The van der Waals surface area contributed by atoms with E-state index in [0.29, 0.717) is 24.5 Å². The van der Waals surface area contributed by atoms with Crippen LogP contribution in [0.4, 0.5) is 0 Å². The van der Waals surface area contributed by atoms with E-state index >= 15 is 0 Å². The lowest BCUT2D eigenvalue weighted by molar-refractivity contribution is -0.109. The number of carbonyl (C=O) groups is 1. The van der Waals surface area contributed by atoms with Crippen LogP contribution in [0.5, 0.6) is 11.5 Å². The van der Waals surface area contributed by atoms with Gasteiger partial charge in [0.05, 0.1) is 19.9 Å². The van der Waals surface area contributed by atoms with E-state index in [0.717, 1.165) is 5.56 Å².